The number of nitrogens with one attached hydrogen (secondary N) is 1. The Labute approximate surface area is 95.3 Å². The monoisotopic (exact) mass is 225 g/mol. The van der Waals surface area contributed by atoms with E-state index in [2.05, 4.69) is 63.6 Å². The van der Waals surface area contributed by atoms with Crippen LogP contribution in [0.5, 0.6) is 0 Å². The van der Waals surface area contributed by atoms with Gasteiger partial charge in [-0.1, -0.05) is 60.7 Å². The molecule has 0 fully saturated rings. The molecule has 0 heterocycles. The molecule has 0 atom stereocenters. The van der Waals surface area contributed by atoms with Crippen LogP contribution in [0, 0.1) is 0 Å². The van der Waals surface area contributed by atoms with E-state index < -0.39 is 8.96 Å². The molecule has 0 saturated heterocycles. The fourth-order valence-corrected chi connectivity index (χ4v) is 4.06. The van der Waals surface area contributed by atoms with Gasteiger partial charge >= 0.3 is 0 Å². The lowest BCUT2D eigenvalue weighted by molar-refractivity contribution is 1.56. The molecule has 2 aromatic rings. The average molecular weight is 225 g/mol. The molecule has 4 radical (unpaired) electrons. The van der Waals surface area contributed by atoms with Gasteiger partial charge < -0.3 is 4.65 Å². The molecule has 2 rings (SSSR count). The topological polar surface area (TPSA) is 12.0 Å². The van der Waals surface area contributed by atoms with Crippen LogP contribution in [-0.2, 0) is 0 Å². The van der Waals surface area contributed by atoms with E-state index in [9.17, 15) is 0 Å². The van der Waals surface area contributed by atoms with Gasteiger partial charge in [-0.15, -0.1) is 0 Å². The second-order valence-corrected chi connectivity index (χ2v) is 6.14. The van der Waals surface area contributed by atoms with Crippen LogP contribution in [0.2, 0.25) is 0 Å². The number of hydrogen-bond acceptors (Lipinski definition) is 1. The maximum atomic E-state index is 3.43. The van der Waals surface area contributed by atoms with E-state index >= 15 is 0 Å². The van der Waals surface area contributed by atoms with Crippen molar-refractivity contribution in [3.63, 3.8) is 0 Å². The summed E-state index contributed by atoms with van der Waals surface area (Å²) < 4.78 is 3.24. The molecule has 0 aliphatic heterocycles. The van der Waals surface area contributed by atoms with E-state index in [1.807, 2.05) is 12.1 Å². The summed E-state index contributed by atoms with van der Waals surface area (Å²) in [7, 11) is 2.56. The van der Waals surface area contributed by atoms with Gasteiger partial charge in [-0.3, -0.25) is 0 Å². The van der Waals surface area contributed by atoms with E-state index in [4.69, 9.17) is 0 Å². The molecule has 0 aliphatic carbocycles. The molecule has 2 aromatic carbocycles. The molecule has 15 heavy (non-hydrogen) atoms. The van der Waals surface area contributed by atoms with Crippen LogP contribution in [0.15, 0.2) is 60.7 Å². The molecule has 0 unspecified atom stereocenters. The molecule has 0 amide bonds. The van der Waals surface area contributed by atoms with Gasteiger partial charge in [-0.2, -0.15) is 0 Å². The van der Waals surface area contributed by atoms with Crippen molar-refractivity contribution in [2.24, 2.45) is 0 Å². The predicted octanol–water partition coefficient (Wildman–Crippen LogP) is 0.465. The SMILES string of the molecule is [Si]N[Si](c1ccccc1)c1ccccc1. The van der Waals surface area contributed by atoms with E-state index in [0.717, 1.165) is 0 Å². The predicted molar refractivity (Wildman–Crippen MR) is 66.8 cm³/mol. The third kappa shape index (κ3) is 2.44. The molecule has 0 bridgehead atoms. The lowest BCUT2D eigenvalue weighted by Gasteiger charge is -2.13. The second kappa shape index (κ2) is 5.07. The Balaban J connectivity index is 2.34. The van der Waals surface area contributed by atoms with Crippen LogP contribution < -0.4 is 15.0 Å². The molecule has 72 valence electrons. The Morgan fingerprint density at radius 1 is 0.733 bits per heavy atom. The molecule has 1 N–H and O–H groups in total. The molecule has 1 nitrogen and oxygen atoms in total. The summed E-state index contributed by atoms with van der Waals surface area (Å²) in [5, 5.41) is 2.70. The standard InChI is InChI=1S/C12H11NSi2/c14-13-15(11-7-3-1-4-8-11)12-9-5-2-6-10-12/h1-10,13H. The fraction of sp³-hybridized carbons (Fsp3) is 0. The smallest absolute Gasteiger partial charge is 0.198 e. The number of hydrogen-bond donors (Lipinski definition) is 1. The van der Waals surface area contributed by atoms with Gasteiger partial charge in [0, 0.05) is 0 Å². The van der Waals surface area contributed by atoms with Crippen molar-refractivity contribution in [3.05, 3.63) is 60.7 Å². The molecule has 0 saturated carbocycles. The lowest BCUT2D eigenvalue weighted by atomic mass is 10.4. The minimum Gasteiger partial charge on any atom is -0.356 e. The Kier molecular flexibility index (Phi) is 3.50. The largest absolute Gasteiger partial charge is 0.356 e. The highest BCUT2D eigenvalue weighted by molar-refractivity contribution is 6.85. The van der Waals surface area contributed by atoms with Crippen molar-refractivity contribution in [2.75, 3.05) is 0 Å². The van der Waals surface area contributed by atoms with Gasteiger partial charge in [0.05, 0.1) is 0 Å². The van der Waals surface area contributed by atoms with Crippen molar-refractivity contribution in [2.45, 2.75) is 0 Å². The first kappa shape index (κ1) is 10.4. The van der Waals surface area contributed by atoms with Gasteiger partial charge in [0.1, 0.15) is 10.4 Å². The minimum absolute atomic E-state index is 0.876. The first-order valence-electron chi connectivity index (χ1n) is 4.82. The van der Waals surface area contributed by atoms with Crippen molar-refractivity contribution in [1.82, 2.24) is 4.65 Å². The van der Waals surface area contributed by atoms with E-state index in [0.29, 0.717) is 0 Å². The fourth-order valence-electron chi connectivity index (χ4n) is 1.52. The zero-order valence-electron chi connectivity index (χ0n) is 8.27. The van der Waals surface area contributed by atoms with Crippen LogP contribution in [0.25, 0.3) is 0 Å². The Morgan fingerprint density at radius 3 is 1.47 bits per heavy atom. The van der Waals surface area contributed by atoms with Crippen LogP contribution in [-0.4, -0.2) is 19.4 Å². The summed E-state index contributed by atoms with van der Waals surface area (Å²) in [5.74, 6) is 0. The van der Waals surface area contributed by atoms with Gasteiger partial charge in [0.2, 0.25) is 0 Å². The third-order valence-corrected chi connectivity index (χ3v) is 5.07. The van der Waals surface area contributed by atoms with Crippen molar-refractivity contribution < 1.29 is 0 Å². The van der Waals surface area contributed by atoms with Crippen molar-refractivity contribution in [1.29, 1.82) is 0 Å². The first-order valence-corrected chi connectivity index (χ1v) is 6.82. The normalized spacial score (nSPS) is 10.5. The Hall–Kier alpha value is -1.17. The summed E-state index contributed by atoms with van der Waals surface area (Å²) in [4.78, 5) is 0. The summed E-state index contributed by atoms with van der Waals surface area (Å²) in [6, 6.07) is 21.0. The zero-order valence-corrected chi connectivity index (χ0v) is 10.3. The quantitative estimate of drug-likeness (QED) is 0.749. The highest BCUT2D eigenvalue weighted by Gasteiger charge is 2.13. The van der Waals surface area contributed by atoms with Crippen molar-refractivity contribution >= 4 is 29.7 Å². The van der Waals surface area contributed by atoms with Gasteiger partial charge in [0.15, 0.2) is 8.96 Å². The van der Waals surface area contributed by atoms with E-state index in [-0.39, 0.29) is 0 Å². The van der Waals surface area contributed by atoms with Crippen LogP contribution >= 0.6 is 0 Å². The number of rotatable bonds is 3. The summed E-state index contributed by atoms with van der Waals surface area (Å²) in [5.41, 5.74) is 0. The zero-order chi connectivity index (χ0) is 10.5. The highest BCUT2D eigenvalue weighted by atomic mass is 28.3. The van der Waals surface area contributed by atoms with Crippen LogP contribution in [0.3, 0.4) is 0 Å². The summed E-state index contributed by atoms with van der Waals surface area (Å²) in [6.07, 6.45) is 0. The van der Waals surface area contributed by atoms with Gasteiger partial charge in [0.25, 0.3) is 0 Å². The van der Waals surface area contributed by atoms with Gasteiger partial charge in [-0.25, -0.2) is 0 Å². The second-order valence-electron chi connectivity index (χ2n) is 3.23. The molecule has 3 heteroatoms. The third-order valence-electron chi connectivity index (χ3n) is 2.25. The maximum absolute atomic E-state index is 3.43. The first-order chi connectivity index (χ1) is 7.42. The van der Waals surface area contributed by atoms with Crippen LogP contribution in [0.4, 0.5) is 0 Å². The van der Waals surface area contributed by atoms with Crippen LogP contribution in [0.1, 0.15) is 0 Å². The van der Waals surface area contributed by atoms with E-state index in [1.165, 1.54) is 10.4 Å². The molecule has 0 aromatic heterocycles. The summed E-state index contributed by atoms with van der Waals surface area (Å²) >= 11 is 0. The molecular formula is C12H11NSi2. The van der Waals surface area contributed by atoms with Gasteiger partial charge in [-0.05, 0) is 10.4 Å². The maximum Gasteiger partial charge on any atom is 0.198 e. The summed E-state index contributed by atoms with van der Waals surface area (Å²) in [6.45, 7) is 0. The Morgan fingerprint density at radius 2 is 1.13 bits per heavy atom. The molecule has 0 spiro atoms. The number of benzene rings is 2. The highest BCUT2D eigenvalue weighted by Crippen LogP contribution is 1.89. The lowest BCUT2D eigenvalue weighted by Crippen LogP contribution is -2.53. The Bertz CT molecular complexity index is 363. The molecular weight excluding hydrogens is 214 g/mol. The molecule has 0 aliphatic rings. The average Bonchev–Trinajstić information content (AvgIpc) is 2.33. The van der Waals surface area contributed by atoms with E-state index in [1.54, 1.807) is 0 Å². The minimum atomic E-state index is -0.876. The van der Waals surface area contributed by atoms with Crippen molar-refractivity contribution in [3.8, 4) is 0 Å².